The van der Waals surface area contributed by atoms with Crippen LogP contribution in [0.1, 0.15) is 84.1 Å². The van der Waals surface area contributed by atoms with Gasteiger partial charge in [-0.1, -0.05) is 44.2 Å². The summed E-state index contributed by atoms with van der Waals surface area (Å²) in [5.41, 5.74) is 2.08. The van der Waals surface area contributed by atoms with Crippen LogP contribution in [0.2, 0.25) is 0 Å². The summed E-state index contributed by atoms with van der Waals surface area (Å²) in [6.07, 6.45) is 15.8. The van der Waals surface area contributed by atoms with Gasteiger partial charge in [0.05, 0.1) is 0 Å². The average molecular weight is 477 g/mol. The lowest BCUT2D eigenvalue weighted by atomic mass is 9.44. The van der Waals surface area contributed by atoms with E-state index in [1.807, 2.05) is 36.4 Å². The third-order valence-electron chi connectivity index (χ3n) is 11.7. The van der Waals surface area contributed by atoms with Crippen molar-refractivity contribution in [3.8, 4) is 0 Å². The number of fused-ring (bicyclic) bond motifs is 5. The molecular formula is C32H48N2O. The standard InChI is InChI=1S/C32H48N2O/c1-22(34(4)5)27-14-15-28-26-13-12-24-21-25(33-30(35)16-11-23-9-7-6-8-10-23)17-19-31(24,2)29(26)18-20-32(27,28)3/h6-11,16,22,24-29H,12-15,17-21H2,1-5H3,(H,33,35)/b16-11+/t22-,24-,25-,26-,27+,28-,29-,31-,32+/m0/s1. The third kappa shape index (κ3) is 4.52. The van der Waals surface area contributed by atoms with Gasteiger partial charge in [-0.25, -0.2) is 0 Å². The van der Waals surface area contributed by atoms with Crippen molar-refractivity contribution in [3.05, 3.63) is 42.0 Å². The zero-order valence-electron chi connectivity index (χ0n) is 22.8. The molecule has 3 nitrogen and oxygen atoms in total. The molecular weight excluding hydrogens is 428 g/mol. The summed E-state index contributed by atoms with van der Waals surface area (Å²) in [6.45, 7) is 7.77. The van der Waals surface area contributed by atoms with Crippen LogP contribution in [-0.2, 0) is 4.79 Å². The van der Waals surface area contributed by atoms with Gasteiger partial charge in [0, 0.05) is 18.2 Å². The normalized spacial score (nSPS) is 41.8. The van der Waals surface area contributed by atoms with Crippen LogP contribution in [0.3, 0.4) is 0 Å². The molecule has 4 aliphatic rings. The molecule has 0 spiro atoms. The van der Waals surface area contributed by atoms with E-state index in [0.29, 0.717) is 22.9 Å². The predicted octanol–water partition coefficient (Wildman–Crippen LogP) is 6.79. The van der Waals surface area contributed by atoms with E-state index in [4.69, 9.17) is 0 Å². The van der Waals surface area contributed by atoms with Gasteiger partial charge in [-0.15, -0.1) is 0 Å². The number of hydrogen-bond acceptors (Lipinski definition) is 2. The monoisotopic (exact) mass is 476 g/mol. The van der Waals surface area contributed by atoms with Crippen molar-refractivity contribution >= 4 is 12.0 Å². The first-order valence-corrected chi connectivity index (χ1v) is 14.4. The maximum Gasteiger partial charge on any atom is 0.244 e. The molecule has 1 aromatic carbocycles. The molecule has 5 rings (SSSR count). The van der Waals surface area contributed by atoms with Crippen LogP contribution in [0.15, 0.2) is 36.4 Å². The Bertz CT molecular complexity index is 925. The molecule has 0 heterocycles. The highest BCUT2D eigenvalue weighted by atomic mass is 16.1. The molecule has 4 aliphatic carbocycles. The van der Waals surface area contributed by atoms with Gasteiger partial charge in [0.15, 0.2) is 0 Å². The number of nitrogens with one attached hydrogen (secondary N) is 1. The number of nitrogens with zero attached hydrogens (tertiary/aromatic N) is 1. The maximum absolute atomic E-state index is 12.6. The van der Waals surface area contributed by atoms with E-state index >= 15 is 0 Å². The highest BCUT2D eigenvalue weighted by Crippen LogP contribution is 2.67. The number of hydrogen-bond donors (Lipinski definition) is 1. The fourth-order valence-corrected chi connectivity index (χ4v) is 9.57. The van der Waals surface area contributed by atoms with Crippen molar-refractivity contribution in [2.45, 2.75) is 90.6 Å². The summed E-state index contributed by atoms with van der Waals surface area (Å²) in [4.78, 5) is 15.1. The molecule has 0 aliphatic heterocycles. The van der Waals surface area contributed by atoms with Gasteiger partial charge in [-0.3, -0.25) is 4.79 Å². The van der Waals surface area contributed by atoms with Crippen molar-refractivity contribution in [2.75, 3.05) is 14.1 Å². The largest absolute Gasteiger partial charge is 0.350 e. The van der Waals surface area contributed by atoms with Crippen molar-refractivity contribution in [3.63, 3.8) is 0 Å². The van der Waals surface area contributed by atoms with Gasteiger partial charge < -0.3 is 10.2 Å². The van der Waals surface area contributed by atoms with Crippen LogP contribution in [0.4, 0.5) is 0 Å². The van der Waals surface area contributed by atoms with Crippen LogP contribution in [-0.4, -0.2) is 37.0 Å². The SMILES string of the molecule is C[C@@H]([C@H]1CC[C@H]2[C@@H]3CC[C@H]4C[C@@H](NC(=O)/C=C/c5ccccc5)CC[C@]4(C)[C@H]3CC[C@]12C)N(C)C. The zero-order valence-corrected chi connectivity index (χ0v) is 22.8. The Morgan fingerprint density at radius 2 is 1.69 bits per heavy atom. The summed E-state index contributed by atoms with van der Waals surface area (Å²) in [6, 6.07) is 11.1. The predicted molar refractivity (Wildman–Crippen MR) is 146 cm³/mol. The van der Waals surface area contributed by atoms with Crippen LogP contribution in [0.5, 0.6) is 0 Å². The Hall–Kier alpha value is -1.61. The Balaban J connectivity index is 1.23. The van der Waals surface area contributed by atoms with E-state index in [0.717, 1.165) is 41.6 Å². The van der Waals surface area contributed by atoms with E-state index < -0.39 is 0 Å². The van der Waals surface area contributed by atoms with Gasteiger partial charge in [0.25, 0.3) is 0 Å². The topological polar surface area (TPSA) is 32.3 Å². The summed E-state index contributed by atoms with van der Waals surface area (Å²) < 4.78 is 0. The van der Waals surface area contributed by atoms with Crippen molar-refractivity contribution < 1.29 is 4.79 Å². The third-order valence-corrected chi connectivity index (χ3v) is 11.7. The van der Waals surface area contributed by atoms with Crippen molar-refractivity contribution in [1.82, 2.24) is 10.2 Å². The Morgan fingerprint density at radius 1 is 0.971 bits per heavy atom. The smallest absolute Gasteiger partial charge is 0.244 e. The van der Waals surface area contributed by atoms with E-state index in [9.17, 15) is 4.79 Å². The van der Waals surface area contributed by atoms with E-state index in [2.05, 4.69) is 45.1 Å². The second-order valence-corrected chi connectivity index (χ2v) is 13.3. The molecule has 1 N–H and O–H groups in total. The molecule has 3 heteroatoms. The minimum atomic E-state index is 0.0663. The van der Waals surface area contributed by atoms with E-state index in [1.54, 1.807) is 6.08 Å². The van der Waals surface area contributed by atoms with Gasteiger partial charge in [-0.05, 0) is 131 Å². The summed E-state index contributed by atoms with van der Waals surface area (Å²) in [7, 11) is 4.54. The molecule has 4 saturated carbocycles. The quantitative estimate of drug-likeness (QED) is 0.474. The Labute approximate surface area is 214 Å². The number of carbonyl (C=O) groups is 1. The fraction of sp³-hybridized carbons (Fsp3) is 0.719. The lowest BCUT2D eigenvalue weighted by Crippen LogP contribution is -2.56. The number of amides is 1. The molecule has 0 radical (unpaired) electrons. The second kappa shape index (κ2) is 9.69. The minimum absolute atomic E-state index is 0.0663. The molecule has 0 aromatic heterocycles. The zero-order chi connectivity index (χ0) is 24.8. The summed E-state index contributed by atoms with van der Waals surface area (Å²) in [5.74, 6) is 4.42. The Morgan fingerprint density at radius 3 is 2.43 bits per heavy atom. The van der Waals surface area contributed by atoms with Gasteiger partial charge in [0.1, 0.15) is 0 Å². The molecule has 0 saturated heterocycles. The van der Waals surface area contributed by atoms with Crippen LogP contribution >= 0.6 is 0 Å². The molecule has 4 fully saturated rings. The lowest BCUT2D eigenvalue weighted by Gasteiger charge is -2.61. The molecule has 192 valence electrons. The van der Waals surface area contributed by atoms with Crippen molar-refractivity contribution in [2.24, 2.45) is 40.4 Å². The van der Waals surface area contributed by atoms with Crippen LogP contribution in [0.25, 0.3) is 6.08 Å². The molecule has 0 bridgehead atoms. The first kappa shape index (κ1) is 25.1. The molecule has 35 heavy (non-hydrogen) atoms. The first-order valence-electron chi connectivity index (χ1n) is 14.4. The van der Waals surface area contributed by atoms with Gasteiger partial charge in [-0.2, -0.15) is 0 Å². The summed E-state index contributed by atoms with van der Waals surface area (Å²) in [5, 5.41) is 3.35. The van der Waals surface area contributed by atoms with Crippen LogP contribution in [0, 0.1) is 40.4 Å². The molecule has 1 aromatic rings. The van der Waals surface area contributed by atoms with E-state index in [1.165, 1.54) is 51.4 Å². The highest BCUT2D eigenvalue weighted by Gasteiger charge is 2.60. The van der Waals surface area contributed by atoms with Gasteiger partial charge in [0.2, 0.25) is 5.91 Å². The molecule has 1 amide bonds. The number of benzene rings is 1. The van der Waals surface area contributed by atoms with Gasteiger partial charge >= 0.3 is 0 Å². The minimum Gasteiger partial charge on any atom is -0.350 e. The van der Waals surface area contributed by atoms with E-state index in [-0.39, 0.29) is 5.91 Å². The highest BCUT2D eigenvalue weighted by molar-refractivity contribution is 5.91. The molecule has 0 unspecified atom stereocenters. The summed E-state index contributed by atoms with van der Waals surface area (Å²) >= 11 is 0. The first-order chi connectivity index (χ1) is 16.7. The Kier molecular flexibility index (Phi) is 6.94. The van der Waals surface area contributed by atoms with Crippen molar-refractivity contribution in [1.29, 1.82) is 0 Å². The average Bonchev–Trinajstić information content (AvgIpc) is 3.20. The van der Waals surface area contributed by atoms with Crippen LogP contribution < -0.4 is 5.32 Å². The maximum atomic E-state index is 12.6. The number of rotatable bonds is 5. The fourth-order valence-electron chi connectivity index (χ4n) is 9.57. The number of carbonyl (C=O) groups excluding carboxylic acids is 1. The molecule has 9 atom stereocenters. The second-order valence-electron chi connectivity index (χ2n) is 13.3. The lowest BCUT2D eigenvalue weighted by molar-refractivity contribution is -0.125.